The van der Waals surface area contributed by atoms with Crippen molar-refractivity contribution < 1.29 is 17.5 Å². The van der Waals surface area contributed by atoms with Gasteiger partial charge < -0.3 is 4.74 Å². The number of nitrogens with one attached hydrogen (secondary N) is 1. The Morgan fingerprint density at radius 3 is 2.43 bits per heavy atom. The standard InChI is InChI=1S/C23H28FNO3S2/c1-14(2)17-12-19-21(29-20-11-15(24)5-6-18(20)23(19,3)4)13-22(17)30(26,27)25-16-7-9-28-10-8-16/h5-6,11-14,16,25H,7-10H2,1-4H3. The van der Waals surface area contributed by atoms with E-state index in [0.717, 1.165) is 26.5 Å². The Morgan fingerprint density at radius 1 is 1.10 bits per heavy atom. The Morgan fingerprint density at radius 2 is 1.77 bits per heavy atom. The van der Waals surface area contributed by atoms with Gasteiger partial charge in [-0.1, -0.05) is 51.6 Å². The Bertz CT molecular complexity index is 1070. The minimum absolute atomic E-state index is 0.0481. The molecule has 2 aliphatic heterocycles. The van der Waals surface area contributed by atoms with Crippen LogP contribution in [0.5, 0.6) is 0 Å². The summed E-state index contributed by atoms with van der Waals surface area (Å²) in [5, 5.41) is 0. The molecule has 0 unspecified atom stereocenters. The first kappa shape index (κ1) is 21.8. The van der Waals surface area contributed by atoms with Gasteiger partial charge in [0, 0.05) is 34.5 Å². The molecule has 1 saturated heterocycles. The van der Waals surface area contributed by atoms with E-state index < -0.39 is 10.0 Å². The molecule has 0 bridgehead atoms. The van der Waals surface area contributed by atoms with Gasteiger partial charge in [0.2, 0.25) is 10.0 Å². The van der Waals surface area contributed by atoms with E-state index in [-0.39, 0.29) is 23.2 Å². The van der Waals surface area contributed by atoms with E-state index in [1.165, 1.54) is 23.9 Å². The molecular weight excluding hydrogens is 421 g/mol. The first-order valence-corrected chi connectivity index (χ1v) is 12.7. The van der Waals surface area contributed by atoms with E-state index in [4.69, 9.17) is 4.74 Å². The molecule has 162 valence electrons. The van der Waals surface area contributed by atoms with Gasteiger partial charge in [-0.25, -0.2) is 17.5 Å². The maximum Gasteiger partial charge on any atom is 0.241 e. The molecule has 2 aliphatic rings. The number of fused-ring (bicyclic) bond motifs is 2. The highest BCUT2D eigenvalue weighted by atomic mass is 32.2. The number of hydrogen-bond acceptors (Lipinski definition) is 4. The fraction of sp³-hybridized carbons (Fsp3) is 0.478. The van der Waals surface area contributed by atoms with Gasteiger partial charge in [0.05, 0.1) is 4.90 Å². The summed E-state index contributed by atoms with van der Waals surface area (Å²) in [6.07, 6.45) is 1.35. The lowest BCUT2D eigenvalue weighted by molar-refractivity contribution is 0.0832. The second-order valence-corrected chi connectivity index (χ2v) is 11.7. The van der Waals surface area contributed by atoms with Gasteiger partial charge in [-0.15, -0.1) is 0 Å². The summed E-state index contributed by atoms with van der Waals surface area (Å²) in [4.78, 5) is 2.03. The number of hydrogen-bond donors (Lipinski definition) is 1. The second kappa shape index (κ2) is 7.93. The fourth-order valence-corrected chi connectivity index (χ4v) is 7.49. The quantitative estimate of drug-likeness (QED) is 0.697. The van der Waals surface area contributed by atoms with Crippen molar-refractivity contribution in [2.75, 3.05) is 13.2 Å². The lowest BCUT2D eigenvalue weighted by Crippen LogP contribution is -2.39. The Balaban J connectivity index is 1.82. The van der Waals surface area contributed by atoms with Gasteiger partial charge in [-0.2, -0.15) is 0 Å². The van der Waals surface area contributed by atoms with Crippen LogP contribution in [0.25, 0.3) is 0 Å². The van der Waals surface area contributed by atoms with E-state index in [0.29, 0.717) is 31.0 Å². The molecule has 2 aromatic rings. The van der Waals surface area contributed by atoms with Gasteiger partial charge >= 0.3 is 0 Å². The van der Waals surface area contributed by atoms with E-state index in [9.17, 15) is 12.8 Å². The molecule has 0 atom stereocenters. The van der Waals surface area contributed by atoms with Crippen molar-refractivity contribution in [1.29, 1.82) is 0 Å². The van der Waals surface area contributed by atoms with Crippen molar-refractivity contribution in [3.63, 3.8) is 0 Å². The predicted molar refractivity (Wildman–Crippen MR) is 117 cm³/mol. The van der Waals surface area contributed by atoms with Gasteiger partial charge in [-0.05, 0) is 53.6 Å². The lowest BCUT2D eigenvalue weighted by Gasteiger charge is -2.36. The minimum Gasteiger partial charge on any atom is -0.381 e. The molecule has 2 heterocycles. The maximum atomic E-state index is 13.9. The highest BCUT2D eigenvalue weighted by Gasteiger charge is 2.36. The van der Waals surface area contributed by atoms with Crippen LogP contribution in [-0.4, -0.2) is 27.7 Å². The summed E-state index contributed by atoms with van der Waals surface area (Å²) < 4.78 is 48.8. The summed E-state index contributed by atoms with van der Waals surface area (Å²) in [5.74, 6) is -0.236. The van der Waals surface area contributed by atoms with Crippen LogP contribution >= 0.6 is 11.8 Å². The molecule has 0 spiro atoms. The van der Waals surface area contributed by atoms with E-state index in [1.54, 1.807) is 6.07 Å². The zero-order chi connectivity index (χ0) is 21.7. The van der Waals surface area contributed by atoms with Gasteiger partial charge in [0.25, 0.3) is 0 Å². The van der Waals surface area contributed by atoms with E-state index in [1.807, 2.05) is 26.0 Å². The van der Waals surface area contributed by atoms with Crippen LogP contribution < -0.4 is 4.72 Å². The molecule has 1 N–H and O–H groups in total. The largest absolute Gasteiger partial charge is 0.381 e. The molecule has 1 fully saturated rings. The zero-order valence-electron chi connectivity index (χ0n) is 17.8. The predicted octanol–water partition coefficient (Wildman–Crippen LogP) is 5.20. The second-order valence-electron chi connectivity index (χ2n) is 8.92. The summed E-state index contributed by atoms with van der Waals surface area (Å²) in [6, 6.07) is 8.58. The molecule has 4 rings (SSSR count). The molecule has 0 radical (unpaired) electrons. The minimum atomic E-state index is -3.68. The van der Waals surface area contributed by atoms with Gasteiger partial charge in [0.15, 0.2) is 0 Å². The van der Waals surface area contributed by atoms with Crippen molar-refractivity contribution in [3.05, 3.63) is 52.8 Å². The SMILES string of the molecule is CC(C)c1cc2c(cc1S(=O)(=O)NC1CCOCC1)Sc1cc(F)ccc1C2(C)C. The van der Waals surface area contributed by atoms with Crippen LogP contribution in [0.15, 0.2) is 45.0 Å². The molecule has 0 amide bonds. The number of sulfonamides is 1. The van der Waals surface area contributed by atoms with Gasteiger partial charge in [-0.3, -0.25) is 0 Å². The molecule has 0 saturated carbocycles. The fourth-order valence-electron chi connectivity index (χ4n) is 4.29. The van der Waals surface area contributed by atoms with E-state index >= 15 is 0 Å². The third-order valence-corrected chi connectivity index (χ3v) is 8.77. The molecule has 0 aromatic heterocycles. The van der Waals surface area contributed by atoms with E-state index in [2.05, 4.69) is 18.6 Å². The lowest BCUT2D eigenvalue weighted by atomic mass is 9.76. The van der Waals surface area contributed by atoms with Crippen LogP contribution in [0.4, 0.5) is 4.39 Å². The van der Waals surface area contributed by atoms with Crippen LogP contribution in [0.3, 0.4) is 0 Å². The Kier molecular flexibility index (Phi) is 5.77. The van der Waals surface area contributed by atoms with Crippen LogP contribution in [0.1, 0.15) is 63.1 Å². The first-order chi connectivity index (χ1) is 14.1. The van der Waals surface area contributed by atoms with Crippen molar-refractivity contribution in [2.24, 2.45) is 0 Å². The summed E-state index contributed by atoms with van der Waals surface area (Å²) in [7, 11) is -3.68. The Labute approximate surface area is 182 Å². The summed E-state index contributed by atoms with van der Waals surface area (Å²) in [5.41, 5.74) is 2.61. The summed E-state index contributed by atoms with van der Waals surface area (Å²) in [6.45, 7) is 9.40. The van der Waals surface area contributed by atoms with Crippen LogP contribution in [-0.2, 0) is 20.2 Å². The van der Waals surface area contributed by atoms with Gasteiger partial charge in [0.1, 0.15) is 5.82 Å². The Hall–Kier alpha value is -1.41. The number of ether oxygens (including phenoxy) is 1. The molecule has 7 heteroatoms. The highest BCUT2D eigenvalue weighted by molar-refractivity contribution is 7.99. The molecular formula is C23H28FNO3S2. The number of benzene rings is 2. The monoisotopic (exact) mass is 449 g/mol. The molecule has 30 heavy (non-hydrogen) atoms. The van der Waals surface area contributed by atoms with Crippen molar-refractivity contribution in [2.45, 2.75) is 72.6 Å². The van der Waals surface area contributed by atoms with Crippen molar-refractivity contribution in [3.8, 4) is 0 Å². The molecule has 2 aromatic carbocycles. The smallest absolute Gasteiger partial charge is 0.241 e. The van der Waals surface area contributed by atoms with Crippen molar-refractivity contribution in [1.82, 2.24) is 4.72 Å². The average Bonchev–Trinajstić information content (AvgIpc) is 2.67. The highest BCUT2D eigenvalue weighted by Crippen LogP contribution is 2.50. The normalized spacial score (nSPS) is 18.9. The van der Waals surface area contributed by atoms with Crippen LogP contribution in [0, 0.1) is 5.82 Å². The third-order valence-electron chi connectivity index (χ3n) is 6.08. The molecule has 0 aliphatic carbocycles. The van der Waals surface area contributed by atoms with Crippen molar-refractivity contribution >= 4 is 21.8 Å². The summed E-state index contributed by atoms with van der Waals surface area (Å²) >= 11 is 1.44. The number of halogens is 1. The third kappa shape index (κ3) is 3.93. The number of rotatable bonds is 4. The zero-order valence-corrected chi connectivity index (χ0v) is 19.4. The first-order valence-electron chi connectivity index (χ1n) is 10.4. The topological polar surface area (TPSA) is 55.4 Å². The average molecular weight is 450 g/mol. The van der Waals surface area contributed by atoms with Crippen LogP contribution in [0.2, 0.25) is 0 Å². The molecule has 4 nitrogen and oxygen atoms in total. The maximum absolute atomic E-state index is 13.9.